The first-order chi connectivity index (χ1) is 16.9. The van der Waals surface area contributed by atoms with Gasteiger partial charge in [-0.1, -0.05) is 29.8 Å². The van der Waals surface area contributed by atoms with Gasteiger partial charge in [0, 0.05) is 20.8 Å². The predicted octanol–water partition coefficient (Wildman–Crippen LogP) is 5.94. The molecule has 4 aromatic rings. The number of rotatable bonds is 7. The number of aliphatic hydroxyl groups is 1. The monoisotopic (exact) mass is 509 g/mol. The van der Waals surface area contributed by atoms with Crippen LogP contribution in [-0.2, 0) is 11.3 Å². The number of carbonyl (C=O) groups is 2. The number of halogens is 1. The Labute approximate surface area is 209 Å². The second kappa shape index (κ2) is 9.13. The molecular formula is C26H20ClNO6S. The van der Waals surface area contributed by atoms with Crippen molar-refractivity contribution in [2.24, 2.45) is 0 Å². The van der Waals surface area contributed by atoms with Crippen molar-refractivity contribution in [1.82, 2.24) is 4.90 Å². The molecule has 1 amide bonds. The fraction of sp³-hybridized carbons (Fsp3) is 0.154. The first-order valence-electron chi connectivity index (χ1n) is 10.6. The summed E-state index contributed by atoms with van der Waals surface area (Å²) in [6.45, 7) is 0.193. The van der Waals surface area contributed by atoms with E-state index in [-0.39, 0.29) is 17.9 Å². The van der Waals surface area contributed by atoms with Crippen LogP contribution in [0.25, 0.3) is 11.0 Å². The zero-order chi connectivity index (χ0) is 24.7. The molecule has 1 atom stereocenters. The largest absolute Gasteiger partial charge is 0.503 e. The second-order valence-corrected chi connectivity index (χ2v) is 9.35. The van der Waals surface area contributed by atoms with Crippen molar-refractivity contribution in [3.05, 3.63) is 92.5 Å². The van der Waals surface area contributed by atoms with Gasteiger partial charge in [-0.15, -0.1) is 11.3 Å². The summed E-state index contributed by atoms with van der Waals surface area (Å²) in [4.78, 5) is 29.4. The highest BCUT2D eigenvalue weighted by Crippen LogP contribution is 2.46. The Morgan fingerprint density at radius 2 is 1.97 bits per heavy atom. The van der Waals surface area contributed by atoms with Crippen LogP contribution in [0.3, 0.4) is 0 Å². The van der Waals surface area contributed by atoms with Crippen LogP contribution in [-0.4, -0.2) is 35.9 Å². The Bertz CT molecular complexity index is 1470. The SMILES string of the molecule is COc1cccc(C2C(C(=O)c3cc4cc(Cl)ccc4o3)=C(O)C(=O)N2Cc2cccs2)c1OC. The Hall–Kier alpha value is -3.75. The highest BCUT2D eigenvalue weighted by molar-refractivity contribution is 7.09. The topological polar surface area (TPSA) is 89.2 Å². The molecule has 35 heavy (non-hydrogen) atoms. The van der Waals surface area contributed by atoms with Gasteiger partial charge >= 0.3 is 0 Å². The molecule has 178 valence electrons. The van der Waals surface area contributed by atoms with Crippen LogP contribution in [0.2, 0.25) is 5.02 Å². The van der Waals surface area contributed by atoms with Gasteiger partial charge in [0.25, 0.3) is 5.91 Å². The number of hydrogen-bond donors (Lipinski definition) is 1. The van der Waals surface area contributed by atoms with E-state index in [2.05, 4.69) is 0 Å². The molecule has 3 heterocycles. The number of benzene rings is 2. The molecule has 1 aliphatic rings. The summed E-state index contributed by atoms with van der Waals surface area (Å²) in [5.74, 6) is -1.10. The fourth-order valence-electron chi connectivity index (χ4n) is 4.33. The number of thiophene rings is 1. The maximum absolute atomic E-state index is 13.8. The molecule has 7 nitrogen and oxygen atoms in total. The summed E-state index contributed by atoms with van der Waals surface area (Å²) >= 11 is 7.55. The van der Waals surface area contributed by atoms with E-state index < -0.39 is 23.5 Å². The molecule has 2 aromatic carbocycles. The molecular weight excluding hydrogens is 490 g/mol. The van der Waals surface area contributed by atoms with Crippen molar-refractivity contribution >= 4 is 45.6 Å². The molecule has 0 aliphatic carbocycles. The van der Waals surface area contributed by atoms with Gasteiger partial charge in [0.15, 0.2) is 23.0 Å². The van der Waals surface area contributed by atoms with E-state index >= 15 is 0 Å². The van der Waals surface area contributed by atoms with Crippen LogP contribution < -0.4 is 9.47 Å². The molecule has 5 rings (SSSR count). The van der Waals surface area contributed by atoms with Crippen molar-refractivity contribution in [2.75, 3.05) is 14.2 Å². The minimum Gasteiger partial charge on any atom is -0.503 e. The van der Waals surface area contributed by atoms with Crippen molar-refractivity contribution in [3.8, 4) is 11.5 Å². The van der Waals surface area contributed by atoms with Gasteiger partial charge in [0.05, 0.1) is 32.4 Å². The molecule has 0 saturated heterocycles. The van der Waals surface area contributed by atoms with E-state index in [1.807, 2.05) is 17.5 Å². The van der Waals surface area contributed by atoms with Gasteiger partial charge in [-0.2, -0.15) is 0 Å². The van der Waals surface area contributed by atoms with E-state index in [1.165, 1.54) is 30.5 Å². The Kier molecular flexibility index (Phi) is 6.00. The predicted molar refractivity (Wildman–Crippen MR) is 132 cm³/mol. The number of methoxy groups -OCH3 is 2. The number of carbonyl (C=O) groups excluding carboxylic acids is 2. The van der Waals surface area contributed by atoms with E-state index in [0.717, 1.165) is 4.88 Å². The summed E-state index contributed by atoms with van der Waals surface area (Å²) in [7, 11) is 2.99. The normalized spacial score (nSPS) is 15.8. The summed E-state index contributed by atoms with van der Waals surface area (Å²) in [5, 5.41) is 14.0. The number of para-hydroxylation sites is 1. The molecule has 1 unspecified atom stereocenters. The molecule has 0 spiro atoms. The standard InChI is InChI=1S/C26H20ClNO6S/c1-32-19-7-3-6-17(25(19)33-2)22-21(24(30)26(31)28(22)13-16-5-4-10-35-16)23(29)20-12-14-11-15(27)8-9-18(14)34-20/h3-12,22,30H,13H2,1-2H3. The number of amides is 1. The van der Waals surface area contributed by atoms with E-state index in [1.54, 1.807) is 42.5 Å². The second-order valence-electron chi connectivity index (χ2n) is 7.88. The molecule has 9 heteroatoms. The van der Waals surface area contributed by atoms with Crippen molar-refractivity contribution in [1.29, 1.82) is 0 Å². The van der Waals surface area contributed by atoms with Crippen LogP contribution in [0.15, 0.2) is 75.7 Å². The molecule has 1 aliphatic heterocycles. The van der Waals surface area contributed by atoms with Crippen molar-refractivity contribution in [2.45, 2.75) is 12.6 Å². The smallest absolute Gasteiger partial charge is 0.290 e. The lowest BCUT2D eigenvalue weighted by atomic mass is 9.94. The third-order valence-corrected chi connectivity index (χ3v) is 6.98. The van der Waals surface area contributed by atoms with Gasteiger partial charge in [-0.25, -0.2) is 0 Å². The third-order valence-electron chi connectivity index (χ3n) is 5.88. The maximum Gasteiger partial charge on any atom is 0.290 e. The summed E-state index contributed by atoms with van der Waals surface area (Å²) in [6.07, 6.45) is 0. The first-order valence-corrected chi connectivity index (χ1v) is 11.9. The molecule has 0 bridgehead atoms. The fourth-order valence-corrected chi connectivity index (χ4v) is 5.21. The van der Waals surface area contributed by atoms with Gasteiger partial charge in [-0.05, 0) is 41.8 Å². The van der Waals surface area contributed by atoms with Gasteiger partial charge in [0.1, 0.15) is 5.58 Å². The average molecular weight is 510 g/mol. The summed E-state index contributed by atoms with van der Waals surface area (Å²) in [5.41, 5.74) is 0.875. The number of nitrogens with zero attached hydrogens (tertiary/aromatic N) is 1. The number of ketones is 1. The Morgan fingerprint density at radius 3 is 2.69 bits per heavy atom. The zero-order valence-corrected chi connectivity index (χ0v) is 20.4. The van der Waals surface area contributed by atoms with Gasteiger partial charge < -0.3 is 23.9 Å². The molecule has 1 N–H and O–H groups in total. The Morgan fingerprint density at radius 1 is 1.14 bits per heavy atom. The van der Waals surface area contributed by atoms with Crippen LogP contribution in [0.1, 0.15) is 27.0 Å². The molecule has 0 saturated carbocycles. The quantitative estimate of drug-likeness (QED) is 0.310. The summed E-state index contributed by atoms with van der Waals surface area (Å²) < 4.78 is 16.8. The highest BCUT2D eigenvalue weighted by Gasteiger charge is 2.46. The number of ether oxygens (including phenoxy) is 2. The van der Waals surface area contributed by atoms with Crippen LogP contribution in [0, 0.1) is 0 Å². The zero-order valence-electron chi connectivity index (χ0n) is 18.8. The molecule has 0 fully saturated rings. The van der Waals surface area contributed by atoms with Gasteiger partial charge in [0.2, 0.25) is 5.78 Å². The van der Waals surface area contributed by atoms with Crippen LogP contribution in [0.4, 0.5) is 0 Å². The minimum absolute atomic E-state index is 0.0125. The number of Topliss-reactive ketones (excluding diaryl/α,β-unsaturated/α-hetero) is 1. The number of hydrogen-bond acceptors (Lipinski definition) is 7. The van der Waals surface area contributed by atoms with Crippen molar-refractivity contribution < 1.29 is 28.6 Å². The lowest BCUT2D eigenvalue weighted by Gasteiger charge is -2.28. The lowest BCUT2D eigenvalue weighted by molar-refractivity contribution is -0.130. The van der Waals surface area contributed by atoms with E-state index in [9.17, 15) is 14.7 Å². The van der Waals surface area contributed by atoms with Gasteiger partial charge in [-0.3, -0.25) is 9.59 Å². The Balaban J connectivity index is 1.66. The maximum atomic E-state index is 13.8. The van der Waals surface area contributed by atoms with Crippen LogP contribution >= 0.6 is 22.9 Å². The third kappa shape index (κ3) is 3.94. The lowest BCUT2D eigenvalue weighted by Crippen LogP contribution is -2.30. The number of fused-ring (bicyclic) bond motifs is 1. The highest BCUT2D eigenvalue weighted by atomic mass is 35.5. The van der Waals surface area contributed by atoms with Crippen molar-refractivity contribution in [3.63, 3.8) is 0 Å². The van der Waals surface area contributed by atoms with E-state index in [0.29, 0.717) is 33.1 Å². The minimum atomic E-state index is -0.932. The average Bonchev–Trinajstić information content (AvgIpc) is 3.58. The van der Waals surface area contributed by atoms with Crippen LogP contribution in [0.5, 0.6) is 11.5 Å². The number of aliphatic hydroxyl groups excluding tert-OH is 1. The molecule has 2 aromatic heterocycles. The molecule has 0 radical (unpaired) electrons. The summed E-state index contributed by atoms with van der Waals surface area (Å²) in [6, 6.07) is 14.6. The first kappa shape index (κ1) is 23.0. The van der Waals surface area contributed by atoms with E-state index in [4.69, 9.17) is 25.5 Å². The number of furan rings is 1.